The van der Waals surface area contributed by atoms with Crippen LogP contribution in [0, 0.1) is 0 Å². The van der Waals surface area contributed by atoms with E-state index < -0.39 is 5.91 Å². The fourth-order valence-corrected chi connectivity index (χ4v) is 3.33. The molecular weight excluding hydrogens is 344 g/mol. The quantitative estimate of drug-likeness (QED) is 0.742. The van der Waals surface area contributed by atoms with E-state index in [-0.39, 0.29) is 17.4 Å². The maximum Gasteiger partial charge on any atom is 0.272 e. The summed E-state index contributed by atoms with van der Waals surface area (Å²) < 4.78 is 11.5. The summed E-state index contributed by atoms with van der Waals surface area (Å²) >= 11 is 0. The summed E-state index contributed by atoms with van der Waals surface area (Å²) in [5.41, 5.74) is 1.47. The lowest BCUT2D eigenvalue weighted by Gasteiger charge is -2.13. The molecule has 2 heterocycles. The highest BCUT2D eigenvalue weighted by Crippen LogP contribution is 2.38. The SMILES string of the molecule is CCOc1cc2c(cc1NC(=O)c1cc3ccccc3c(=O)[nH]1)OC(C)C2. The van der Waals surface area contributed by atoms with Gasteiger partial charge in [-0.2, -0.15) is 0 Å². The highest BCUT2D eigenvalue weighted by atomic mass is 16.5. The molecule has 6 heteroatoms. The van der Waals surface area contributed by atoms with E-state index >= 15 is 0 Å². The van der Waals surface area contributed by atoms with Gasteiger partial charge in [-0.05, 0) is 37.4 Å². The van der Waals surface area contributed by atoms with Gasteiger partial charge >= 0.3 is 0 Å². The molecule has 6 nitrogen and oxygen atoms in total. The number of pyridine rings is 1. The van der Waals surface area contributed by atoms with Crippen molar-refractivity contribution in [2.45, 2.75) is 26.4 Å². The van der Waals surface area contributed by atoms with E-state index in [1.165, 1.54) is 0 Å². The molecule has 0 fully saturated rings. The second-order valence-electron chi connectivity index (χ2n) is 6.58. The van der Waals surface area contributed by atoms with Crippen LogP contribution < -0.4 is 20.3 Å². The van der Waals surface area contributed by atoms with Gasteiger partial charge in [0.2, 0.25) is 0 Å². The van der Waals surface area contributed by atoms with Gasteiger partial charge in [0.1, 0.15) is 23.3 Å². The van der Waals surface area contributed by atoms with E-state index in [0.717, 1.165) is 17.7 Å². The molecule has 0 saturated carbocycles. The lowest BCUT2D eigenvalue weighted by molar-refractivity contribution is 0.102. The van der Waals surface area contributed by atoms with Crippen LogP contribution in [0.3, 0.4) is 0 Å². The van der Waals surface area contributed by atoms with Crippen molar-refractivity contribution in [2.24, 2.45) is 0 Å². The molecule has 1 atom stereocenters. The molecule has 0 radical (unpaired) electrons. The third kappa shape index (κ3) is 3.26. The van der Waals surface area contributed by atoms with Crippen LogP contribution >= 0.6 is 0 Å². The Morgan fingerprint density at radius 1 is 1.30 bits per heavy atom. The van der Waals surface area contributed by atoms with Gasteiger partial charge in [0, 0.05) is 23.4 Å². The van der Waals surface area contributed by atoms with Gasteiger partial charge in [-0.25, -0.2) is 0 Å². The lowest BCUT2D eigenvalue weighted by Crippen LogP contribution is -2.19. The van der Waals surface area contributed by atoms with E-state index in [4.69, 9.17) is 9.47 Å². The molecule has 2 N–H and O–H groups in total. The van der Waals surface area contributed by atoms with Crippen molar-refractivity contribution in [3.8, 4) is 11.5 Å². The van der Waals surface area contributed by atoms with Crippen LogP contribution in [0.5, 0.6) is 11.5 Å². The normalized spacial score (nSPS) is 15.3. The summed E-state index contributed by atoms with van der Waals surface area (Å²) in [7, 11) is 0. The monoisotopic (exact) mass is 364 g/mol. The first kappa shape index (κ1) is 17.1. The summed E-state index contributed by atoms with van der Waals surface area (Å²) in [6.45, 7) is 4.36. The Bertz CT molecular complexity index is 1090. The second-order valence-corrected chi connectivity index (χ2v) is 6.58. The Morgan fingerprint density at radius 2 is 2.11 bits per heavy atom. The number of benzene rings is 2. The minimum Gasteiger partial charge on any atom is -0.492 e. The van der Waals surface area contributed by atoms with Gasteiger partial charge in [-0.15, -0.1) is 0 Å². The molecule has 1 amide bonds. The van der Waals surface area contributed by atoms with Crippen LogP contribution in [0.2, 0.25) is 0 Å². The van der Waals surface area contributed by atoms with Crippen molar-refractivity contribution < 1.29 is 14.3 Å². The summed E-state index contributed by atoms with van der Waals surface area (Å²) in [6, 6.07) is 12.5. The summed E-state index contributed by atoms with van der Waals surface area (Å²) in [5.74, 6) is 0.920. The molecule has 27 heavy (non-hydrogen) atoms. The molecule has 0 spiro atoms. The Kier molecular flexibility index (Phi) is 4.32. The zero-order valence-corrected chi connectivity index (χ0v) is 15.2. The van der Waals surface area contributed by atoms with E-state index in [0.29, 0.717) is 28.8 Å². The number of nitrogens with one attached hydrogen (secondary N) is 2. The van der Waals surface area contributed by atoms with Gasteiger partial charge in [0.25, 0.3) is 11.5 Å². The highest BCUT2D eigenvalue weighted by molar-refractivity contribution is 6.05. The maximum atomic E-state index is 12.8. The number of aromatic nitrogens is 1. The van der Waals surface area contributed by atoms with E-state index in [1.807, 2.05) is 26.0 Å². The predicted octanol–water partition coefficient (Wildman–Crippen LogP) is 3.50. The number of fused-ring (bicyclic) bond motifs is 2. The van der Waals surface area contributed by atoms with Gasteiger partial charge in [0.05, 0.1) is 12.3 Å². The molecule has 1 unspecified atom stereocenters. The molecule has 0 saturated heterocycles. The first-order valence-electron chi connectivity index (χ1n) is 8.95. The summed E-state index contributed by atoms with van der Waals surface area (Å²) in [5, 5.41) is 4.09. The topological polar surface area (TPSA) is 80.4 Å². The molecule has 0 aliphatic carbocycles. The highest BCUT2D eigenvalue weighted by Gasteiger charge is 2.23. The molecule has 1 aliphatic rings. The van der Waals surface area contributed by atoms with E-state index in [9.17, 15) is 9.59 Å². The molecule has 3 aromatic rings. The van der Waals surface area contributed by atoms with Crippen molar-refractivity contribution in [1.82, 2.24) is 4.98 Å². The summed E-state index contributed by atoms with van der Waals surface area (Å²) in [4.78, 5) is 27.6. The number of ether oxygens (including phenoxy) is 2. The Hall–Kier alpha value is -3.28. The van der Waals surface area contributed by atoms with Crippen LogP contribution in [0.1, 0.15) is 29.9 Å². The minimum absolute atomic E-state index is 0.0947. The first-order chi connectivity index (χ1) is 13.0. The second kappa shape index (κ2) is 6.79. The lowest BCUT2D eigenvalue weighted by atomic mass is 10.1. The van der Waals surface area contributed by atoms with Crippen LogP contribution in [0.25, 0.3) is 10.8 Å². The number of aromatic amines is 1. The van der Waals surface area contributed by atoms with Gasteiger partial charge in [0.15, 0.2) is 0 Å². The van der Waals surface area contributed by atoms with Crippen LogP contribution in [-0.2, 0) is 6.42 Å². The van der Waals surface area contributed by atoms with E-state index in [1.54, 1.807) is 30.3 Å². The summed E-state index contributed by atoms with van der Waals surface area (Å²) in [6.07, 6.45) is 0.902. The molecular formula is C21H20N2O4. The Labute approximate surface area is 156 Å². The van der Waals surface area contributed by atoms with Crippen LogP contribution in [-0.4, -0.2) is 23.6 Å². The predicted molar refractivity (Wildman–Crippen MR) is 104 cm³/mol. The van der Waals surface area contributed by atoms with Gasteiger partial charge in [-0.1, -0.05) is 18.2 Å². The molecule has 1 aromatic heterocycles. The largest absolute Gasteiger partial charge is 0.492 e. The fraction of sp³-hybridized carbons (Fsp3) is 0.238. The Balaban J connectivity index is 1.69. The number of anilines is 1. The average Bonchev–Trinajstić information content (AvgIpc) is 3.01. The maximum absolute atomic E-state index is 12.8. The third-order valence-electron chi connectivity index (χ3n) is 4.54. The van der Waals surface area contributed by atoms with Crippen molar-refractivity contribution in [3.63, 3.8) is 0 Å². The molecule has 1 aliphatic heterocycles. The number of amides is 1. The Morgan fingerprint density at radius 3 is 2.93 bits per heavy atom. The van der Waals surface area contributed by atoms with Crippen LogP contribution in [0.4, 0.5) is 5.69 Å². The number of rotatable bonds is 4. The van der Waals surface area contributed by atoms with Crippen molar-refractivity contribution in [2.75, 3.05) is 11.9 Å². The molecule has 0 bridgehead atoms. The number of H-pyrrole nitrogens is 1. The average molecular weight is 364 g/mol. The van der Waals surface area contributed by atoms with Crippen molar-refractivity contribution in [3.05, 3.63) is 64.1 Å². The molecule has 138 valence electrons. The van der Waals surface area contributed by atoms with Crippen LogP contribution in [0.15, 0.2) is 47.3 Å². The minimum atomic E-state index is -0.412. The van der Waals surface area contributed by atoms with Gasteiger partial charge < -0.3 is 19.8 Å². The number of carbonyl (C=O) groups excluding carboxylic acids is 1. The third-order valence-corrected chi connectivity index (χ3v) is 4.54. The number of carbonyl (C=O) groups is 1. The van der Waals surface area contributed by atoms with E-state index in [2.05, 4.69) is 10.3 Å². The fourth-order valence-electron chi connectivity index (χ4n) is 3.33. The zero-order chi connectivity index (χ0) is 19.0. The number of hydrogen-bond donors (Lipinski definition) is 2. The zero-order valence-electron chi connectivity index (χ0n) is 15.2. The number of hydrogen-bond acceptors (Lipinski definition) is 4. The standard InChI is InChI=1S/C21H20N2O4/c1-3-26-19-10-14-8-12(2)27-18(14)11-16(19)22-21(25)17-9-13-6-4-5-7-15(13)20(24)23-17/h4-7,9-12H,3,8H2,1-2H3,(H,22,25)(H,23,24). The smallest absolute Gasteiger partial charge is 0.272 e. The molecule has 4 rings (SSSR count). The van der Waals surface area contributed by atoms with Gasteiger partial charge in [-0.3, -0.25) is 9.59 Å². The van der Waals surface area contributed by atoms with Crippen molar-refractivity contribution in [1.29, 1.82) is 0 Å². The first-order valence-corrected chi connectivity index (χ1v) is 8.95. The van der Waals surface area contributed by atoms with Crippen molar-refractivity contribution >= 4 is 22.4 Å². The molecule has 2 aromatic carbocycles.